The van der Waals surface area contributed by atoms with E-state index in [-0.39, 0.29) is 13.1 Å². The van der Waals surface area contributed by atoms with Gasteiger partial charge in [-0.05, 0) is 39.4 Å². The van der Waals surface area contributed by atoms with Crippen molar-refractivity contribution in [3.8, 4) is 0 Å². The average molecular weight is 295 g/mol. The Labute approximate surface area is 131 Å². The van der Waals surface area contributed by atoms with Gasteiger partial charge in [-0.25, -0.2) is 0 Å². The lowest BCUT2D eigenvalue weighted by atomic mass is 9.96. The van der Waals surface area contributed by atoms with E-state index < -0.39 is 0 Å². The van der Waals surface area contributed by atoms with Gasteiger partial charge in [-0.15, -0.1) is 0 Å². The smallest absolute Gasteiger partial charge is 0.0926 e. The summed E-state index contributed by atoms with van der Waals surface area (Å²) in [5.74, 6) is 0. The van der Waals surface area contributed by atoms with Crippen LogP contribution in [0.4, 0.5) is 5.69 Å². The van der Waals surface area contributed by atoms with Crippen molar-refractivity contribution in [2.24, 2.45) is 0 Å². The molecule has 2 heterocycles. The lowest BCUT2D eigenvalue weighted by molar-refractivity contribution is -0.0103. The van der Waals surface area contributed by atoms with E-state index in [2.05, 4.69) is 48.1 Å². The first-order valence-corrected chi connectivity index (χ1v) is 8.07. The Morgan fingerprint density at radius 1 is 1.43 bits per heavy atom. The monoisotopic (exact) mass is 295 g/mol. The second-order valence-electron chi connectivity index (χ2n) is 5.64. The zero-order valence-electron chi connectivity index (χ0n) is 14.4. The van der Waals surface area contributed by atoms with Crippen molar-refractivity contribution in [1.29, 1.82) is 0 Å². The number of nitrogens with zero attached hydrogens (tertiary/aromatic N) is 2. The third-order valence-corrected chi connectivity index (χ3v) is 4.05. The molecule has 1 atom stereocenters. The van der Waals surface area contributed by atoms with Crippen molar-refractivity contribution in [1.82, 2.24) is 10.3 Å². The molecule has 0 aliphatic carbocycles. The third-order valence-electron chi connectivity index (χ3n) is 4.05. The summed E-state index contributed by atoms with van der Waals surface area (Å²) in [5, 5.41) is 3.33. The first-order chi connectivity index (χ1) is 10.1. The summed E-state index contributed by atoms with van der Waals surface area (Å²) in [6.07, 6.45) is 3.16. The van der Waals surface area contributed by atoms with Crippen molar-refractivity contribution in [3.05, 3.63) is 24.0 Å². The normalized spacial score (nSPS) is 19.0. The molecular formula is C17H33N3O. The van der Waals surface area contributed by atoms with Gasteiger partial charge < -0.3 is 15.0 Å². The summed E-state index contributed by atoms with van der Waals surface area (Å²) < 4.78 is 5.91. The number of hydrogen-bond donors (Lipinski definition) is 1. The van der Waals surface area contributed by atoms with Gasteiger partial charge in [0.05, 0.1) is 24.6 Å². The van der Waals surface area contributed by atoms with Crippen LogP contribution in [0.3, 0.4) is 0 Å². The number of rotatable bonds is 4. The number of pyridine rings is 1. The molecule has 0 unspecified atom stereocenters. The Hall–Kier alpha value is -1.13. The van der Waals surface area contributed by atoms with Crippen LogP contribution in [-0.2, 0) is 11.2 Å². The molecule has 0 amide bonds. The Morgan fingerprint density at radius 3 is 2.67 bits per heavy atom. The minimum absolute atomic E-state index is 0. The lowest BCUT2D eigenvalue weighted by Gasteiger charge is -2.42. The fourth-order valence-corrected chi connectivity index (χ4v) is 2.29. The lowest BCUT2D eigenvalue weighted by Crippen LogP contribution is -2.57. The summed E-state index contributed by atoms with van der Waals surface area (Å²) in [6.45, 7) is 13.1. The molecule has 0 saturated carbocycles. The number of hydrogen-bond acceptors (Lipinski definition) is 4. The maximum Gasteiger partial charge on any atom is 0.0926 e. The van der Waals surface area contributed by atoms with Gasteiger partial charge in [0.1, 0.15) is 0 Å². The van der Waals surface area contributed by atoms with Crippen molar-refractivity contribution in [3.63, 3.8) is 0 Å². The maximum atomic E-state index is 5.91. The zero-order valence-corrected chi connectivity index (χ0v) is 14.4. The molecule has 1 fully saturated rings. The number of aryl methyl sites for hydroxylation is 1. The van der Waals surface area contributed by atoms with Crippen molar-refractivity contribution in [2.45, 2.75) is 52.7 Å². The van der Waals surface area contributed by atoms with Crippen LogP contribution >= 0.6 is 0 Å². The van der Waals surface area contributed by atoms with Crippen molar-refractivity contribution in [2.75, 3.05) is 31.6 Å². The quantitative estimate of drug-likeness (QED) is 0.926. The number of ether oxygens (including phenoxy) is 1. The highest BCUT2D eigenvalue weighted by molar-refractivity contribution is 5.45. The van der Waals surface area contributed by atoms with Crippen LogP contribution in [0, 0.1) is 0 Å². The van der Waals surface area contributed by atoms with E-state index in [4.69, 9.17) is 4.74 Å². The van der Waals surface area contributed by atoms with Crippen LogP contribution in [0.25, 0.3) is 0 Å². The van der Waals surface area contributed by atoms with E-state index in [1.54, 1.807) is 0 Å². The SMILES string of the molecule is CC.CCc1ccc(N2CCO[C@H](C(C)(C)NC)C2)cn1.[HH]. The zero-order chi connectivity index (χ0) is 15.9. The van der Waals surface area contributed by atoms with Gasteiger partial charge >= 0.3 is 0 Å². The average Bonchev–Trinajstić information content (AvgIpc) is 2.57. The number of likely N-dealkylation sites (N-methyl/N-ethyl adjacent to an activating group) is 1. The topological polar surface area (TPSA) is 37.4 Å². The van der Waals surface area contributed by atoms with Crippen LogP contribution in [-0.4, -0.2) is 43.4 Å². The minimum Gasteiger partial charge on any atom is -0.373 e. The second-order valence-corrected chi connectivity index (χ2v) is 5.64. The first kappa shape index (κ1) is 17.9. The van der Waals surface area contributed by atoms with Gasteiger partial charge in [0.15, 0.2) is 0 Å². The first-order valence-electron chi connectivity index (χ1n) is 8.07. The van der Waals surface area contributed by atoms with Crippen LogP contribution < -0.4 is 10.2 Å². The molecule has 1 aromatic rings. The number of aromatic nitrogens is 1. The highest BCUT2D eigenvalue weighted by Gasteiger charge is 2.33. The van der Waals surface area contributed by atoms with Gasteiger partial charge in [-0.2, -0.15) is 0 Å². The Balaban J connectivity index is 0.00000141. The summed E-state index contributed by atoms with van der Waals surface area (Å²) in [4.78, 5) is 6.84. The molecule has 0 bridgehead atoms. The predicted molar refractivity (Wildman–Crippen MR) is 92.2 cm³/mol. The molecule has 1 aliphatic rings. The van der Waals surface area contributed by atoms with E-state index in [1.807, 2.05) is 27.1 Å². The molecule has 1 N–H and O–H groups in total. The summed E-state index contributed by atoms with van der Waals surface area (Å²) in [6, 6.07) is 4.28. The van der Waals surface area contributed by atoms with Crippen LogP contribution in [0.1, 0.15) is 41.7 Å². The molecule has 1 aliphatic heterocycles. The van der Waals surface area contributed by atoms with Gasteiger partial charge in [0.25, 0.3) is 0 Å². The van der Waals surface area contributed by atoms with E-state index in [1.165, 1.54) is 5.69 Å². The molecule has 21 heavy (non-hydrogen) atoms. The predicted octanol–water partition coefficient (Wildman–Crippen LogP) is 3.12. The fraction of sp³-hybridized carbons (Fsp3) is 0.706. The molecular weight excluding hydrogens is 262 g/mol. The van der Waals surface area contributed by atoms with Crippen molar-refractivity contribution < 1.29 is 6.16 Å². The third kappa shape index (κ3) is 4.68. The molecule has 1 aromatic heterocycles. The second kappa shape index (κ2) is 8.35. The van der Waals surface area contributed by atoms with E-state index >= 15 is 0 Å². The van der Waals surface area contributed by atoms with Crippen LogP contribution in [0.5, 0.6) is 0 Å². The molecule has 4 nitrogen and oxygen atoms in total. The highest BCUT2D eigenvalue weighted by atomic mass is 16.5. The molecule has 122 valence electrons. The Bertz CT molecular complexity index is 409. The summed E-state index contributed by atoms with van der Waals surface area (Å²) in [7, 11) is 1.99. The number of anilines is 1. The van der Waals surface area contributed by atoms with E-state index in [9.17, 15) is 0 Å². The molecule has 4 heteroatoms. The van der Waals surface area contributed by atoms with E-state index in [0.717, 1.165) is 31.8 Å². The number of nitrogens with one attached hydrogen (secondary N) is 1. The van der Waals surface area contributed by atoms with Gasteiger partial charge in [0, 0.05) is 25.7 Å². The molecule has 0 spiro atoms. The minimum atomic E-state index is -0.0184. The summed E-state index contributed by atoms with van der Waals surface area (Å²) >= 11 is 0. The maximum absolute atomic E-state index is 5.91. The molecule has 0 aromatic carbocycles. The largest absolute Gasteiger partial charge is 0.373 e. The van der Waals surface area contributed by atoms with Gasteiger partial charge in [0.2, 0.25) is 0 Å². The molecule has 0 radical (unpaired) electrons. The summed E-state index contributed by atoms with van der Waals surface area (Å²) in [5.41, 5.74) is 2.32. The van der Waals surface area contributed by atoms with Crippen LogP contribution in [0.15, 0.2) is 18.3 Å². The Kier molecular flexibility index (Phi) is 7.12. The highest BCUT2D eigenvalue weighted by Crippen LogP contribution is 2.22. The van der Waals surface area contributed by atoms with Gasteiger partial charge in [-0.1, -0.05) is 20.8 Å². The van der Waals surface area contributed by atoms with Gasteiger partial charge in [-0.3, -0.25) is 4.98 Å². The number of morpholine rings is 1. The Morgan fingerprint density at radius 2 is 2.14 bits per heavy atom. The van der Waals surface area contributed by atoms with Crippen LogP contribution in [0.2, 0.25) is 0 Å². The molecule has 2 rings (SSSR count). The fourth-order valence-electron chi connectivity index (χ4n) is 2.29. The van der Waals surface area contributed by atoms with Crippen molar-refractivity contribution >= 4 is 5.69 Å². The molecule has 1 saturated heterocycles. The van der Waals surface area contributed by atoms with E-state index in [0.29, 0.717) is 0 Å². The standard InChI is InChI=1S/C15H25N3O.C2H6.H2/c1-5-12-6-7-13(10-17-12)18-8-9-19-14(11-18)15(2,3)16-4;1-2;/h6-7,10,14,16H,5,8-9,11H2,1-4H3;1-2H3;1H/t14-;;/m0../s1.